The summed E-state index contributed by atoms with van der Waals surface area (Å²) in [5.41, 5.74) is 0. The van der Waals surface area contributed by atoms with Gasteiger partial charge >= 0.3 is 0 Å². The van der Waals surface area contributed by atoms with E-state index < -0.39 is 0 Å². The third kappa shape index (κ3) is 10.0. The Morgan fingerprint density at radius 1 is 1.21 bits per heavy atom. The monoisotopic (exact) mass is 200 g/mol. The molecule has 1 atom stereocenters. The number of hydrogen-bond donors (Lipinski definition) is 0. The van der Waals surface area contributed by atoms with Gasteiger partial charge in [-0.15, -0.1) is 0 Å². The molecule has 0 aromatic rings. The zero-order valence-electron chi connectivity index (χ0n) is 9.63. The first-order valence-corrected chi connectivity index (χ1v) is 5.53. The van der Waals surface area contributed by atoms with Gasteiger partial charge in [0.15, 0.2) is 0 Å². The second kappa shape index (κ2) is 11.0. The van der Waals surface area contributed by atoms with Crippen molar-refractivity contribution in [2.75, 3.05) is 26.4 Å². The minimum Gasteiger partial charge on any atom is -0.381 e. The molecule has 0 saturated carbocycles. The van der Waals surface area contributed by atoms with Crippen LogP contribution in [0, 0.1) is 19.3 Å². The third-order valence-electron chi connectivity index (χ3n) is 2.01. The fraction of sp³-hybridized carbons (Fsp3) is 0.833. The van der Waals surface area contributed by atoms with Crippen LogP contribution in [0.1, 0.15) is 33.1 Å². The van der Waals surface area contributed by atoms with Crippen molar-refractivity contribution >= 4 is 0 Å². The number of rotatable bonds is 10. The van der Waals surface area contributed by atoms with Gasteiger partial charge in [-0.25, -0.2) is 0 Å². The summed E-state index contributed by atoms with van der Waals surface area (Å²) in [6, 6.07) is 0. The smallest absolute Gasteiger partial charge is 0.0495 e. The van der Waals surface area contributed by atoms with E-state index in [0.717, 1.165) is 45.7 Å². The fourth-order valence-electron chi connectivity index (χ4n) is 0.977. The van der Waals surface area contributed by atoms with Crippen molar-refractivity contribution in [1.82, 2.24) is 0 Å². The number of unbranched alkanes of at least 4 members (excludes halogenated alkanes) is 1. The van der Waals surface area contributed by atoms with Crippen molar-refractivity contribution in [3.05, 3.63) is 13.3 Å². The van der Waals surface area contributed by atoms with Crippen molar-refractivity contribution in [2.45, 2.75) is 33.1 Å². The Morgan fingerprint density at radius 3 is 2.43 bits per heavy atom. The summed E-state index contributed by atoms with van der Waals surface area (Å²) >= 11 is 0. The number of hydrogen-bond acceptors (Lipinski definition) is 2. The average molecular weight is 200 g/mol. The highest BCUT2D eigenvalue weighted by Gasteiger charge is 1.97. The first kappa shape index (κ1) is 13.9. The maximum absolute atomic E-state index is 5.49. The molecule has 0 amide bonds. The standard InChI is InChI=1S/C12H24O2/c1-4-8-13-9-6-7-10-14-11-12(3)5-2/h4,12H,2,5-11H2,1,3H3. The molecule has 0 fully saturated rings. The van der Waals surface area contributed by atoms with Crippen LogP contribution in [0.4, 0.5) is 0 Å². The molecule has 0 bridgehead atoms. The highest BCUT2D eigenvalue weighted by Crippen LogP contribution is 2.01. The molecule has 0 N–H and O–H groups in total. The molecule has 0 rings (SSSR count). The Labute approximate surface area is 89.0 Å². The van der Waals surface area contributed by atoms with Gasteiger partial charge in [0.05, 0.1) is 0 Å². The Bertz CT molecular complexity index is 104. The minimum atomic E-state index is 0.584. The normalized spacial score (nSPS) is 13.1. The largest absolute Gasteiger partial charge is 0.381 e. The van der Waals surface area contributed by atoms with E-state index in [-0.39, 0.29) is 0 Å². The molecule has 2 nitrogen and oxygen atoms in total. The van der Waals surface area contributed by atoms with Gasteiger partial charge in [-0.1, -0.05) is 20.8 Å². The van der Waals surface area contributed by atoms with Gasteiger partial charge in [0.2, 0.25) is 0 Å². The van der Waals surface area contributed by atoms with Crippen molar-refractivity contribution in [3.63, 3.8) is 0 Å². The highest BCUT2D eigenvalue weighted by atomic mass is 16.5. The van der Waals surface area contributed by atoms with Crippen molar-refractivity contribution in [2.24, 2.45) is 5.92 Å². The van der Waals surface area contributed by atoms with E-state index in [1.165, 1.54) is 0 Å². The van der Waals surface area contributed by atoms with Gasteiger partial charge in [-0.05, 0) is 31.6 Å². The fourth-order valence-corrected chi connectivity index (χ4v) is 0.977. The van der Waals surface area contributed by atoms with Crippen LogP contribution in [0.15, 0.2) is 0 Å². The molecule has 0 aliphatic heterocycles. The zero-order chi connectivity index (χ0) is 10.6. The van der Waals surface area contributed by atoms with Gasteiger partial charge < -0.3 is 9.47 Å². The SMILES string of the molecule is [CH2]CC(C)COCCCCOC[CH]C. The molecule has 0 aromatic carbocycles. The number of ether oxygens (including phenoxy) is 2. The lowest BCUT2D eigenvalue weighted by atomic mass is 10.1. The van der Waals surface area contributed by atoms with Crippen LogP contribution in [-0.2, 0) is 9.47 Å². The van der Waals surface area contributed by atoms with Crippen LogP contribution in [0.3, 0.4) is 0 Å². The molecule has 84 valence electrons. The van der Waals surface area contributed by atoms with E-state index in [0.29, 0.717) is 5.92 Å². The van der Waals surface area contributed by atoms with Gasteiger partial charge in [0, 0.05) is 26.4 Å². The van der Waals surface area contributed by atoms with Crippen molar-refractivity contribution < 1.29 is 9.47 Å². The molecule has 0 aromatic heterocycles. The molecule has 1 unspecified atom stereocenters. The van der Waals surface area contributed by atoms with Crippen molar-refractivity contribution in [1.29, 1.82) is 0 Å². The third-order valence-corrected chi connectivity index (χ3v) is 2.01. The maximum Gasteiger partial charge on any atom is 0.0495 e. The second-order valence-electron chi connectivity index (χ2n) is 3.66. The van der Waals surface area contributed by atoms with Gasteiger partial charge in [-0.2, -0.15) is 0 Å². The zero-order valence-corrected chi connectivity index (χ0v) is 9.63. The Balaban J connectivity index is 2.92. The Hall–Kier alpha value is -0.0800. The highest BCUT2D eigenvalue weighted by molar-refractivity contribution is 4.52. The van der Waals surface area contributed by atoms with E-state index in [4.69, 9.17) is 9.47 Å². The van der Waals surface area contributed by atoms with Crippen LogP contribution in [0.5, 0.6) is 0 Å². The van der Waals surface area contributed by atoms with Gasteiger partial charge in [0.25, 0.3) is 0 Å². The summed E-state index contributed by atoms with van der Waals surface area (Å²) in [5, 5.41) is 0. The molecule has 0 spiro atoms. The first-order chi connectivity index (χ1) is 6.81. The molecule has 14 heavy (non-hydrogen) atoms. The van der Waals surface area contributed by atoms with E-state index in [1.807, 2.05) is 13.3 Å². The molecule has 0 heterocycles. The topological polar surface area (TPSA) is 18.5 Å². The van der Waals surface area contributed by atoms with E-state index in [2.05, 4.69) is 13.8 Å². The predicted molar refractivity (Wildman–Crippen MR) is 60.0 cm³/mol. The lowest BCUT2D eigenvalue weighted by Crippen LogP contribution is -2.06. The van der Waals surface area contributed by atoms with Crippen LogP contribution >= 0.6 is 0 Å². The Morgan fingerprint density at radius 2 is 1.86 bits per heavy atom. The summed E-state index contributed by atoms with van der Waals surface area (Å²) in [4.78, 5) is 0. The molecule has 0 saturated heterocycles. The van der Waals surface area contributed by atoms with Crippen LogP contribution in [0.25, 0.3) is 0 Å². The van der Waals surface area contributed by atoms with E-state index in [1.54, 1.807) is 0 Å². The molecule has 2 heteroatoms. The molecule has 2 radical (unpaired) electrons. The molecular weight excluding hydrogens is 176 g/mol. The average Bonchev–Trinajstić information content (AvgIpc) is 2.21. The van der Waals surface area contributed by atoms with Crippen molar-refractivity contribution in [3.8, 4) is 0 Å². The van der Waals surface area contributed by atoms with Gasteiger partial charge in [-0.3, -0.25) is 0 Å². The lowest BCUT2D eigenvalue weighted by Gasteiger charge is -2.09. The summed E-state index contributed by atoms with van der Waals surface area (Å²) in [6.07, 6.45) is 5.15. The maximum atomic E-state index is 5.49. The molecular formula is C12H24O2. The summed E-state index contributed by atoms with van der Waals surface area (Å²) in [5.74, 6) is 0.584. The van der Waals surface area contributed by atoms with Crippen LogP contribution < -0.4 is 0 Å². The quantitative estimate of drug-likeness (QED) is 0.505. The molecule has 0 aliphatic rings. The van der Waals surface area contributed by atoms with Crippen LogP contribution in [-0.4, -0.2) is 26.4 Å². The predicted octanol–water partition coefficient (Wildman–Crippen LogP) is 2.88. The summed E-state index contributed by atoms with van der Waals surface area (Å²) < 4.78 is 10.8. The van der Waals surface area contributed by atoms with E-state index in [9.17, 15) is 0 Å². The first-order valence-electron chi connectivity index (χ1n) is 5.53. The van der Waals surface area contributed by atoms with Crippen LogP contribution in [0.2, 0.25) is 0 Å². The lowest BCUT2D eigenvalue weighted by molar-refractivity contribution is 0.0908. The minimum absolute atomic E-state index is 0.584. The van der Waals surface area contributed by atoms with E-state index >= 15 is 0 Å². The summed E-state index contributed by atoms with van der Waals surface area (Å²) in [6.45, 7) is 11.3. The molecule has 0 aliphatic carbocycles. The second-order valence-corrected chi connectivity index (χ2v) is 3.66. The summed E-state index contributed by atoms with van der Waals surface area (Å²) in [7, 11) is 0. The Kier molecular flexibility index (Phi) is 10.9. The van der Waals surface area contributed by atoms with Gasteiger partial charge in [0.1, 0.15) is 0 Å².